The van der Waals surface area contributed by atoms with Crippen molar-refractivity contribution in [1.29, 1.82) is 0 Å². The van der Waals surface area contributed by atoms with Crippen LogP contribution in [0.1, 0.15) is 30.9 Å². The van der Waals surface area contributed by atoms with Gasteiger partial charge in [0, 0.05) is 10.7 Å². The number of aryl methyl sites for hydroxylation is 1. The fraction of sp³-hybridized carbons (Fsp3) is 0.263. The van der Waals surface area contributed by atoms with Crippen molar-refractivity contribution in [2.45, 2.75) is 31.7 Å². The third-order valence-corrected chi connectivity index (χ3v) is 5.96. The van der Waals surface area contributed by atoms with Gasteiger partial charge in [-0.1, -0.05) is 42.8 Å². The second-order valence-electron chi connectivity index (χ2n) is 6.30. The molecular weight excluding hydrogens is 354 g/mol. The van der Waals surface area contributed by atoms with Crippen LogP contribution in [0, 0.1) is 0 Å². The molecule has 0 amide bonds. The second kappa shape index (κ2) is 6.32. The van der Waals surface area contributed by atoms with Crippen LogP contribution in [0.3, 0.4) is 0 Å². The number of nitrogens with zero attached hydrogens (tertiary/aromatic N) is 2. The summed E-state index contributed by atoms with van der Waals surface area (Å²) in [6.07, 6.45) is 2.96. The normalized spacial score (nSPS) is 15.1. The summed E-state index contributed by atoms with van der Waals surface area (Å²) in [7, 11) is 0. The Kier molecular flexibility index (Phi) is 4.13. The molecule has 0 unspecified atom stereocenters. The topological polar surface area (TPSA) is 46.9 Å². The van der Waals surface area contributed by atoms with Gasteiger partial charge in [0.2, 0.25) is 5.13 Å². The molecule has 128 valence electrons. The van der Waals surface area contributed by atoms with E-state index in [1.807, 2.05) is 16.1 Å². The van der Waals surface area contributed by atoms with E-state index in [1.54, 1.807) is 12.1 Å². The van der Waals surface area contributed by atoms with E-state index in [0.29, 0.717) is 10.2 Å². The van der Waals surface area contributed by atoms with Crippen LogP contribution in [0.4, 0.5) is 10.8 Å². The molecule has 1 heterocycles. The predicted molar refractivity (Wildman–Crippen MR) is 103 cm³/mol. The maximum Gasteiger partial charge on any atom is 0.360 e. The fourth-order valence-electron chi connectivity index (χ4n) is 3.03. The molecule has 25 heavy (non-hydrogen) atoms. The summed E-state index contributed by atoms with van der Waals surface area (Å²) in [6, 6.07) is 15.9. The predicted octanol–water partition coefficient (Wildman–Crippen LogP) is 4.80. The number of anilines is 2. The van der Waals surface area contributed by atoms with Crippen molar-refractivity contribution in [3.05, 3.63) is 75.2 Å². The number of halogens is 1. The van der Waals surface area contributed by atoms with E-state index < -0.39 is 0 Å². The van der Waals surface area contributed by atoms with Crippen LogP contribution in [0.25, 0.3) is 0 Å². The molecule has 1 saturated carbocycles. The molecule has 1 fully saturated rings. The lowest BCUT2D eigenvalue weighted by Crippen LogP contribution is -2.27. The first-order valence-corrected chi connectivity index (χ1v) is 9.49. The molecule has 0 bridgehead atoms. The highest BCUT2D eigenvalue weighted by molar-refractivity contribution is 7.10. The van der Waals surface area contributed by atoms with E-state index in [1.165, 1.54) is 22.7 Å². The molecule has 0 saturated heterocycles. The highest BCUT2D eigenvalue weighted by Gasteiger charge is 2.48. The lowest BCUT2D eigenvalue weighted by molar-refractivity contribution is 0.597. The summed E-state index contributed by atoms with van der Waals surface area (Å²) in [5.41, 5.74) is 2.94. The first-order valence-electron chi connectivity index (χ1n) is 8.33. The lowest BCUT2D eigenvalue weighted by Gasteiger charge is -2.15. The number of hydrogen-bond donors (Lipinski definition) is 1. The van der Waals surface area contributed by atoms with Gasteiger partial charge >= 0.3 is 5.69 Å². The van der Waals surface area contributed by atoms with Crippen LogP contribution in [-0.4, -0.2) is 8.94 Å². The Hall–Kier alpha value is -2.11. The van der Waals surface area contributed by atoms with Gasteiger partial charge in [0.15, 0.2) is 0 Å². The number of rotatable bonds is 5. The van der Waals surface area contributed by atoms with E-state index in [4.69, 9.17) is 11.6 Å². The zero-order valence-corrected chi connectivity index (χ0v) is 15.4. The van der Waals surface area contributed by atoms with E-state index in [2.05, 4.69) is 41.5 Å². The highest BCUT2D eigenvalue weighted by atomic mass is 35.5. The van der Waals surface area contributed by atoms with Crippen LogP contribution < -0.4 is 11.0 Å². The third kappa shape index (κ3) is 3.10. The lowest BCUT2D eigenvalue weighted by atomic mass is 10.0. The van der Waals surface area contributed by atoms with Crippen LogP contribution in [0.2, 0.25) is 5.02 Å². The van der Waals surface area contributed by atoms with Gasteiger partial charge in [0.1, 0.15) is 0 Å². The first kappa shape index (κ1) is 16.4. The van der Waals surface area contributed by atoms with E-state index in [9.17, 15) is 4.79 Å². The zero-order chi connectivity index (χ0) is 17.4. The van der Waals surface area contributed by atoms with Gasteiger partial charge < -0.3 is 5.32 Å². The molecule has 1 aliphatic rings. The summed E-state index contributed by atoms with van der Waals surface area (Å²) in [6.45, 7) is 2.14. The van der Waals surface area contributed by atoms with E-state index >= 15 is 0 Å². The Morgan fingerprint density at radius 3 is 2.44 bits per heavy atom. The Morgan fingerprint density at radius 1 is 1.16 bits per heavy atom. The fourth-order valence-corrected chi connectivity index (χ4v) is 4.20. The summed E-state index contributed by atoms with van der Waals surface area (Å²) < 4.78 is 1.81. The number of benzene rings is 2. The Morgan fingerprint density at radius 2 is 1.84 bits per heavy atom. The minimum atomic E-state index is -0.221. The second-order valence-corrected chi connectivity index (χ2v) is 7.67. The molecule has 1 aliphatic carbocycles. The number of hydrogen-bond acceptors (Lipinski definition) is 4. The quantitative estimate of drug-likeness (QED) is 0.700. The number of aromatic nitrogens is 2. The SMILES string of the molecule is CCc1ccc(C2(n3sc(Nc4ccc(Cl)cc4)nc3=O)CC2)cc1. The van der Waals surface area contributed by atoms with Gasteiger partial charge in [-0.2, -0.15) is 4.98 Å². The standard InChI is InChI=1S/C19H18ClN3OS/c1-2-13-3-5-14(6-4-13)19(11-12-19)23-18(24)22-17(25-23)21-16-9-7-15(20)8-10-16/h3-10H,2,11-12H2,1H3,(H,21,22,24). The minimum absolute atomic E-state index is 0.196. The summed E-state index contributed by atoms with van der Waals surface area (Å²) in [5.74, 6) is 0. The van der Waals surface area contributed by atoms with Crippen molar-refractivity contribution in [3.63, 3.8) is 0 Å². The summed E-state index contributed by atoms with van der Waals surface area (Å²) >= 11 is 7.29. The van der Waals surface area contributed by atoms with Crippen molar-refractivity contribution in [2.75, 3.05) is 5.32 Å². The maximum atomic E-state index is 12.5. The third-order valence-electron chi connectivity index (χ3n) is 4.66. The van der Waals surface area contributed by atoms with Gasteiger partial charge in [-0.15, -0.1) is 0 Å². The average Bonchev–Trinajstić information content (AvgIpc) is 3.35. The van der Waals surface area contributed by atoms with Crippen LogP contribution in [0.15, 0.2) is 53.3 Å². The van der Waals surface area contributed by atoms with Crippen molar-refractivity contribution < 1.29 is 0 Å². The molecule has 4 nitrogen and oxygen atoms in total. The minimum Gasteiger partial charge on any atom is -0.330 e. The smallest absolute Gasteiger partial charge is 0.330 e. The number of nitrogens with one attached hydrogen (secondary N) is 1. The molecule has 0 aliphatic heterocycles. The van der Waals surface area contributed by atoms with Gasteiger partial charge in [-0.3, -0.25) is 0 Å². The summed E-state index contributed by atoms with van der Waals surface area (Å²) in [5, 5.41) is 4.47. The maximum absolute atomic E-state index is 12.5. The molecule has 0 atom stereocenters. The van der Waals surface area contributed by atoms with Crippen molar-refractivity contribution in [2.24, 2.45) is 0 Å². The molecule has 4 rings (SSSR count). The van der Waals surface area contributed by atoms with Crippen molar-refractivity contribution in [1.82, 2.24) is 8.94 Å². The molecule has 0 radical (unpaired) electrons. The molecule has 0 spiro atoms. The van der Waals surface area contributed by atoms with E-state index in [0.717, 1.165) is 24.9 Å². The summed E-state index contributed by atoms with van der Waals surface area (Å²) in [4.78, 5) is 16.6. The van der Waals surface area contributed by atoms with Gasteiger partial charge in [-0.25, -0.2) is 8.75 Å². The Balaban J connectivity index is 1.63. The highest BCUT2D eigenvalue weighted by Crippen LogP contribution is 2.49. The molecule has 2 aromatic carbocycles. The van der Waals surface area contributed by atoms with Gasteiger partial charge in [-0.05, 0) is 66.2 Å². The van der Waals surface area contributed by atoms with Crippen LogP contribution in [-0.2, 0) is 12.0 Å². The zero-order valence-electron chi connectivity index (χ0n) is 13.8. The van der Waals surface area contributed by atoms with Crippen LogP contribution >= 0.6 is 23.1 Å². The van der Waals surface area contributed by atoms with Crippen molar-refractivity contribution >= 4 is 34.0 Å². The largest absolute Gasteiger partial charge is 0.360 e. The molecular formula is C19H18ClN3OS. The van der Waals surface area contributed by atoms with Crippen LogP contribution in [0.5, 0.6) is 0 Å². The molecule has 3 aromatic rings. The molecule has 1 aromatic heterocycles. The Bertz CT molecular complexity index is 940. The van der Waals surface area contributed by atoms with Crippen molar-refractivity contribution in [3.8, 4) is 0 Å². The monoisotopic (exact) mass is 371 g/mol. The van der Waals surface area contributed by atoms with E-state index in [-0.39, 0.29) is 11.2 Å². The molecule has 1 N–H and O–H groups in total. The average molecular weight is 372 g/mol. The Labute approximate surface area is 155 Å². The first-order chi connectivity index (χ1) is 12.1. The van der Waals surface area contributed by atoms with Gasteiger partial charge in [0.05, 0.1) is 5.54 Å². The van der Waals surface area contributed by atoms with Gasteiger partial charge in [0.25, 0.3) is 0 Å². The molecule has 6 heteroatoms.